The minimum absolute atomic E-state index is 0.147. The third-order valence-corrected chi connectivity index (χ3v) is 8.32. The minimum Gasteiger partial charge on any atom is -0.376 e. The quantitative estimate of drug-likeness (QED) is 0.760. The fourth-order valence-corrected chi connectivity index (χ4v) is 6.42. The van der Waals surface area contributed by atoms with Crippen molar-refractivity contribution in [2.75, 3.05) is 44.6 Å². The Kier molecular flexibility index (Phi) is 6.39. The van der Waals surface area contributed by atoms with E-state index in [0.29, 0.717) is 0 Å². The zero-order chi connectivity index (χ0) is 21.2. The van der Waals surface area contributed by atoms with Gasteiger partial charge in [-0.2, -0.15) is 0 Å². The maximum Gasteiger partial charge on any atom is 0.264 e. The molecule has 7 nitrogen and oxygen atoms in total. The van der Waals surface area contributed by atoms with Crippen molar-refractivity contribution in [3.63, 3.8) is 0 Å². The molecule has 8 heteroatoms. The average Bonchev–Trinajstić information content (AvgIpc) is 3.46. The van der Waals surface area contributed by atoms with E-state index in [1.807, 2.05) is 11.8 Å². The average molecular weight is 444 g/mol. The summed E-state index contributed by atoms with van der Waals surface area (Å²) in [5.41, 5.74) is 0.996. The SMILES string of the molecule is Cc1c(C(=O)N2CCN(C3CCCCC3)CC2)sc2ncnc(NCC3CCCO3)c12. The van der Waals surface area contributed by atoms with Crippen LogP contribution in [0.3, 0.4) is 0 Å². The van der Waals surface area contributed by atoms with Crippen LogP contribution in [0.25, 0.3) is 10.2 Å². The number of thiophene rings is 1. The molecular weight excluding hydrogens is 410 g/mol. The number of anilines is 1. The van der Waals surface area contributed by atoms with Gasteiger partial charge >= 0.3 is 0 Å². The predicted molar refractivity (Wildman–Crippen MR) is 124 cm³/mol. The van der Waals surface area contributed by atoms with Crippen LogP contribution >= 0.6 is 11.3 Å². The first-order chi connectivity index (χ1) is 15.2. The number of aromatic nitrogens is 2. The van der Waals surface area contributed by atoms with Crippen LogP contribution in [0.5, 0.6) is 0 Å². The van der Waals surface area contributed by atoms with Gasteiger partial charge < -0.3 is 15.0 Å². The van der Waals surface area contributed by atoms with E-state index in [9.17, 15) is 4.79 Å². The normalized spacial score (nSPS) is 23.5. The molecule has 168 valence electrons. The Morgan fingerprint density at radius 3 is 2.68 bits per heavy atom. The van der Waals surface area contributed by atoms with E-state index in [1.54, 1.807) is 6.33 Å². The second-order valence-electron chi connectivity index (χ2n) is 9.09. The minimum atomic E-state index is 0.147. The molecule has 0 bridgehead atoms. The topological polar surface area (TPSA) is 70.6 Å². The van der Waals surface area contributed by atoms with Gasteiger partial charge in [-0.05, 0) is 38.2 Å². The molecule has 1 saturated carbocycles. The van der Waals surface area contributed by atoms with Gasteiger partial charge in [0.25, 0.3) is 5.91 Å². The number of nitrogens with zero attached hydrogens (tertiary/aromatic N) is 4. The lowest BCUT2D eigenvalue weighted by Crippen LogP contribution is -2.52. The van der Waals surface area contributed by atoms with Crippen molar-refractivity contribution in [2.45, 2.75) is 64.0 Å². The molecule has 0 aromatic carbocycles. The molecule has 1 aliphatic carbocycles. The highest BCUT2D eigenvalue weighted by atomic mass is 32.1. The lowest BCUT2D eigenvalue weighted by Gasteiger charge is -2.40. The summed E-state index contributed by atoms with van der Waals surface area (Å²) in [7, 11) is 0. The molecule has 1 unspecified atom stereocenters. The Morgan fingerprint density at radius 1 is 1.13 bits per heavy atom. The molecule has 4 heterocycles. The fourth-order valence-electron chi connectivity index (χ4n) is 5.31. The maximum absolute atomic E-state index is 13.4. The number of amides is 1. The standard InChI is InChI=1S/C23H33N5O2S/c1-16-19-21(24-14-18-8-5-13-30-18)25-15-26-22(19)31-20(16)23(29)28-11-9-27(10-12-28)17-6-3-2-4-7-17/h15,17-18H,2-14H2,1H3,(H,24,25,26). The van der Waals surface area contributed by atoms with Crippen molar-refractivity contribution in [2.24, 2.45) is 0 Å². The van der Waals surface area contributed by atoms with Gasteiger partial charge in [-0.25, -0.2) is 9.97 Å². The number of piperazine rings is 1. The molecule has 3 aliphatic rings. The van der Waals surface area contributed by atoms with E-state index < -0.39 is 0 Å². The van der Waals surface area contributed by atoms with E-state index in [4.69, 9.17) is 4.74 Å². The molecule has 2 saturated heterocycles. The van der Waals surface area contributed by atoms with Crippen LogP contribution in [0.1, 0.15) is 60.2 Å². The second-order valence-corrected chi connectivity index (χ2v) is 10.1. The van der Waals surface area contributed by atoms with E-state index in [2.05, 4.69) is 20.2 Å². The lowest BCUT2D eigenvalue weighted by molar-refractivity contribution is 0.0527. The first kappa shape index (κ1) is 21.1. The lowest BCUT2D eigenvalue weighted by atomic mass is 9.94. The molecule has 2 aliphatic heterocycles. The molecule has 31 heavy (non-hydrogen) atoms. The third kappa shape index (κ3) is 4.43. The Labute approximate surface area is 188 Å². The summed E-state index contributed by atoms with van der Waals surface area (Å²) in [6.45, 7) is 7.24. The van der Waals surface area contributed by atoms with Gasteiger partial charge in [0.05, 0.1) is 16.4 Å². The Bertz CT molecular complexity index is 912. The maximum atomic E-state index is 13.4. The van der Waals surface area contributed by atoms with Gasteiger partial charge in [-0.1, -0.05) is 19.3 Å². The number of hydrogen-bond donors (Lipinski definition) is 1. The summed E-state index contributed by atoms with van der Waals surface area (Å²) in [6.07, 6.45) is 10.8. The van der Waals surface area contributed by atoms with Gasteiger partial charge in [0.15, 0.2) is 0 Å². The van der Waals surface area contributed by atoms with Crippen LogP contribution in [-0.2, 0) is 4.74 Å². The van der Waals surface area contributed by atoms with Crippen molar-refractivity contribution >= 4 is 33.3 Å². The number of carbonyl (C=O) groups is 1. The van der Waals surface area contributed by atoms with Crippen LogP contribution in [0.15, 0.2) is 6.33 Å². The molecule has 5 rings (SSSR count). The van der Waals surface area contributed by atoms with Gasteiger partial charge in [0.2, 0.25) is 0 Å². The zero-order valence-electron chi connectivity index (χ0n) is 18.4. The van der Waals surface area contributed by atoms with Crippen LogP contribution in [-0.4, -0.2) is 77.2 Å². The van der Waals surface area contributed by atoms with Crippen LogP contribution in [0, 0.1) is 6.92 Å². The number of carbonyl (C=O) groups excluding carboxylic acids is 1. The number of ether oxygens (including phenoxy) is 1. The molecule has 2 aromatic rings. The van der Waals surface area contributed by atoms with Crippen LogP contribution < -0.4 is 5.32 Å². The smallest absolute Gasteiger partial charge is 0.264 e. The molecule has 0 radical (unpaired) electrons. The number of aryl methyl sites for hydroxylation is 1. The number of rotatable bonds is 5. The summed E-state index contributed by atoms with van der Waals surface area (Å²) in [4.78, 5) is 28.6. The van der Waals surface area contributed by atoms with Crippen LogP contribution in [0.4, 0.5) is 5.82 Å². The summed E-state index contributed by atoms with van der Waals surface area (Å²) in [5, 5.41) is 4.42. The fraction of sp³-hybridized carbons (Fsp3) is 0.696. The summed E-state index contributed by atoms with van der Waals surface area (Å²) in [5.74, 6) is 0.962. The molecule has 1 amide bonds. The molecular formula is C23H33N5O2S. The first-order valence-electron chi connectivity index (χ1n) is 11.8. The zero-order valence-corrected chi connectivity index (χ0v) is 19.3. The van der Waals surface area contributed by atoms with Gasteiger partial charge in [-0.3, -0.25) is 9.69 Å². The summed E-state index contributed by atoms with van der Waals surface area (Å²) < 4.78 is 5.72. The van der Waals surface area contributed by atoms with Crippen LogP contribution in [0.2, 0.25) is 0 Å². The van der Waals surface area contributed by atoms with Crippen molar-refractivity contribution < 1.29 is 9.53 Å². The van der Waals surface area contributed by atoms with Crippen molar-refractivity contribution in [1.29, 1.82) is 0 Å². The predicted octanol–water partition coefficient (Wildman–Crippen LogP) is 3.68. The van der Waals surface area contributed by atoms with Gasteiger partial charge in [0.1, 0.15) is 17.0 Å². The Morgan fingerprint density at radius 2 is 1.94 bits per heavy atom. The Hall–Kier alpha value is -1.77. The summed E-state index contributed by atoms with van der Waals surface area (Å²) in [6, 6.07) is 0.727. The molecule has 1 atom stereocenters. The molecule has 3 fully saturated rings. The van der Waals surface area contributed by atoms with Gasteiger partial charge in [-0.15, -0.1) is 11.3 Å². The second kappa shape index (κ2) is 9.38. The van der Waals surface area contributed by atoms with E-state index in [0.717, 1.165) is 84.7 Å². The largest absolute Gasteiger partial charge is 0.376 e. The summed E-state index contributed by atoms with van der Waals surface area (Å²) >= 11 is 1.50. The van der Waals surface area contributed by atoms with Crippen molar-refractivity contribution in [3.8, 4) is 0 Å². The third-order valence-electron chi connectivity index (χ3n) is 7.13. The molecule has 0 spiro atoms. The number of nitrogens with one attached hydrogen (secondary N) is 1. The van der Waals surface area contributed by atoms with E-state index in [1.165, 1.54) is 43.4 Å². The van der Waals surface area contributed by atoms with Crippen molar-refractivity contribution in [1.82, 2.24) is 19.8 Å². The highest BCUT2D eigenvalue weighted by molar-refractivity contribution is 7.20. The molecule has 2 aromatic heterocycles. The van der Waals surface area contributed by atoms with Gasteiger partial charge in [0, 0.05) is 45.4 Å². The van der Waals surface area contributed by atoms with E-state index in [-0.39, 0.29) is 12.0 Å². The monoisotopic (exact) mass is 443 g/mol. The van der Waals surface area contributed by atoms with Crippen molar-refractivity contribution in [3.05, 3.63) is 16.8 Å². The van der Waals surface area contributed by atoms with E-state index >= 15 is 0 Å². The number of fused-ring (bicyclic) bond motifs is 1. The molecule has 1 N–H and O–H groups in total. The highest BCUT2D eigenvalue weighted by Gasteiger charge is 2.29. The highest BCUT2D eigenvalue weighted by Crippen LogP contribution is 2.34. The Balaban J connectivity index is 1.28. The first-order valence-corrected chi connectivity index (χ1v) is 12.7. The number of hydrogen-bond acceptors (Lipinski definition) is 7.